The largest absolute Gasteiger partial charge is 0.396 e. The van der Waals surface area contributed by atoms with Crippen molar-refractivity contribution in [3.63, 3.8) is 0 Å². The number of carbonyl (C=O) groups excluding carboxylic acids is 1. The van der Waals surface area contributed by atoms with Gasteiger partial charge < -0.3 is 16.4 Å². The molecule has 0 bridgehead atoms. The Balaban J connectivity index is 1.67. The van der Waals surface area contributed by atoms with Gasteiger partial charge in [0.1, 0.15) is 5.00 Å². The highest BCUT2D eigenvalue weighted by molar-refractivity contribution is 7.17. The fourth-order valence-electron chi connectivity index (χ4n) is 3.42. The second-order valence-electron chi connectivity index (χ2n) is 6.42. The molecule has 26 heavy (non-hydrogen) atoms. The van der Waals surface area contributed by atoms with Gasteiger partial charge in [-0.3, -0.25) is 4.79 Å². The molecule has 0 fully saturated rings. The number of fused-ring (bicyclic) bond motifs is 1. The molecule has 0 saturated heterocycles. The van der Waals surface area contributed by atoms with Crippen LogP contribution in [0.5, 0.6) is 0 Å². The van der Waals surface area contributed by atoms with Gasteiger partial charge in [-0.2, -0.15) is 0 Å². The van der Waals surface area contributed by atoms with Gasteiger partial charge in [0.15, 0.2) is 0 Å². The van der Waals surface area contributed by atoms with Crippen molar-refractivity contribution in [1.82, 2.24) is 5.32 Å². The zero-order chi connectivity index (χ0) is 17.9. The Kier molecular flexibility index (Phi) is 4.73. The standard InChI is InChI=1S/C21H21N3OS/c22-19-16-11-12-23-13-17(16)26-21(19)24-20(25)18(14-7-3-1-4-8-14)15-9-5-2-6-10-15/h1-10,18,23H,11-13,22H2,(H,24,25). The second-order valence-corrected chi connectivity index (χ2v) is 7.52. The minimum Gasteiger partial charge on any atom is -0.396 e. The van der Waals surface area contributed by atoms with Gasteiger partial charge in [-0.1, -0.05) is 60.7 Å². The molecule has 132 valence electrons. The molecule has 1 aliphatic rings. The van der Waals surface area contributed by atoms with Crippen LogP contribution in [0.1, 0.15) is 27.5 Å². The van der Waals surface area contributed by atoms with E-state index < -0.39 is 0 Å². The topological polar surface area (TPSA) is 67.1 Å². The van der Waals surface area contributed by atoms with Crippen molar-refractivity contribution in [2.45, 2.75) is 18.9 Å². The summed E-state index contributed by atoms with van der Waals surface area (Å²) in [4.78, 5) is 14.4. The van der Waals surface area contributed by atoms with Crippen LogP contribution in [0.2, 0.25) is 0 Å². The fraction of sp³-hybridized carbons (Fsp3) is 0.190. The maximum Gasteiger partial charge on any atom is 0.237 e. The van der Waals surface area contributed by atoms with Crippen molar-refractivity contribution < 1.29 is 4.79 Å². The second kappa shape index (κ2) is 7.32. The molecule has 4 rings (SSSR count). The van der Waals surface area contributed by atoms with Crippen LogP contribution in [0.3, 0.4) is 0 Å². The summed E-state index contributed by atoms with van der Waals surface area (Å²) in [6.07, 6.45) is 0.911. The van der Waals surface area contributed by atoms with Crippen molar-refractivity contribution in [2.75, 3.05) is 17.6 Å². The van der Waals surface area contributed by atoms with Crippen LogP contribution in [0, 0.1) is 0 Å². The molecule has 4 N–H and O–H groups in total. The molecule has 2 heterocycles. The molecule has 1 amide bonds. The minimum absolute atomic E-state index is 0.0549. The van der Waals surface area contributed by atoms with Crippen LogP contribution in [0.25, 0.3) is 0 Å². The number of amides is 1. The summed E-state index contributed by atoms with van der Waals surface area (Å²) in [5.41, 5.74) is 10.2. The smallest absolute Gasteiger partial charge is 0.237 e. The summed E-state index contributed by atoms with van der Waals surface area (Å²) in [7, 11) is 0. The van der Waals surface area contributed by atoms with E-state index in [0.29, 0.717) is 0 Å². The first-order chi connectivity index (χ1) is 12.7. The number of thiophene rings is 1. The molecule has 0 spiro atoms. The highest BCUT2D eigenvalue weighted by Crippen LogP contribution is 2.38. The van der Waals surface area contributed by atoms with Crippen LogP contribution in [-0.4, -0.2) is 12.5 Å². The average Bonchev–Trinajstić information content (AvgIpc) is 2.99. The molecule has 2 aromatic carbocycles. The van der Waals surface area contributed by atoms with E-state index in [1.807, 2.05) is 60.7 Å². The Morgan fingerprint density at radius 3 is 2.23 bits per heavy atom. The summed E-state index contributed by atoms with van der Waals surface area (Å²) < 4.78 is 0. The Morgan fingerprint density at radius 1 is 1.04 bits per heavy atom. The van der Waals surface area contributed by atoms with E-state index in [0.717, 1.165) is 41.3 Å². The first-order valence-corrected chi connectivity index (χ1v) is 9.57. The van der Waals surface area contributed by atoms with Crippen molar-refractivity contribution in [3.05, 3.63) is 82.2 Å². The van der Waals surface area contributed by atoms with Crippen molar-refractivity contribution in [2.24, 2.45) is 0 Å². The molecule has 0 aliphatic carbocycles. The molecule has 1 aromatic heterocycles. The Labute approximate surface area is 157 Å². The lowest BCUT2D eigenvalue weighted by Gasteiger charge is -2.17. The van der Waals surface area contributed by atoms with Crippen LogP contribution in [-0.2, 0) is 17.8 Å². The molecule has 1 aliphatic heterocycles. The Hall–Kier alpha value is -2.63. The van der Waals surface area contributed by atoms with Gasteiger partial charge in [-0.25, -0.2) is 0 Å². The van der Waals surface area contributed by atoms with Gasteiger partial charge in [0.25, 0.3) is 0 Å². The summed E-state index contributed by atoms with van der Waals surface area (Å²) in [5.74, 6) is -0.422. The van der Waals surface area contributed by atoms with Crippen molar-refractivity contribution in [1.29, 1.82) is 0 Å². The van der Waals surface area contributed by atoms with Crippen molar-refractivity contribution >= 4 is 27.9 Å². The molecule has 3 aromatic rings. The number of anilines is 2. The Morgan fingerprint density at radius 2 is 1.65 bits per heavy atom. The minimum atomic E-state index is -0.367. The van der Waals surface area contributed by atoms with Crippen LogP contribution >= 0.6 is 11.3 Å². The molecule has 5 heteroatoms. The molecule has 0 atom stereocenters. The van der Waals surface area contributed by atoms with Gasteiger partial charge in [0.05, 0.1) is 11.6 Å². The van der Waals surface area contributed by atoms with E-state index in [2.05, 4.69) is 10.6 Å². The highest BCUT2D eigenvalue weighted by atomic mass is 32.1. The zero-order valence-corrected chi connectivity index (χ0v) is 15.2. The normalized spacial score (nSPS) is 13.4. The zero-order valence-electron chi connectivity index (χ0n) is 14.4. The van der Waals surface area contributed by atoms with Gasteiger partial charge >= 0.3 is 0 Å². The highest BCUT2D eigenvalue weighted by Gasteiger charge is 2.25. The fourth-order valence-corrected chi connectivity index (χ4v) is 4.56. The SMILES string of the molecule is Nc1c(NC(=O)C(c2ccccc2)c2ccccc2)sc2c1CCNC2. The van der Waals surface area contributed by atoms with Gasteiger partial charge in [0.2, 0.25) is 5.91 Å². The van der Waals surface area contributed by atoms with E-state index in [1.54, 1.807) is 11.3 Å². The molecule has 0 saturated carbocycles. The van der Waals surface area contributed by atoms with Gasteiger partial charge in [-0.05, 0) is 29.7 Å². The predicted molar refractivity (Wildman–Crippen MR) is 107 cm³/mol. The molecule has 4 nitrogen and oxygen atoms in total. The van der Waals surface area contributed by atoms with Gasteiger partial charge in [0, 0.05) is 11.4 Å². The summed E-state index contributed by atoms with van der Waals surface area (Å²) in [5, 5.41) is 7.21. The van der Waals surface area contributed by atoms with E-state index in [4.69, 9.17) is 5.73 Å². The molecule has 0 radical (unpaired) electrons. The number of nitrogen functional groups attached to an aromatic ring is 1. The summed E-state index contributed by atoms with van der Waals surface area (Å²) in [6.45, 7) is 1.75. The monoisotopic (exact) mass is 363 g/mol. The average molecular weight is 363 g/mol. The van der Waals surface area contributed by atoms with Crippen molar-refractivity contribution in [3.8, 4) is 0 Å². The lowest BCUT2D eigenvalue weighted by atomic mass is 9.90. The van der Waals surface area contributed by atoms with E-state index in [9.17, 15) is 4.79 Å². The molecular weight excluding hydrogens is 342 g/mol. The number of rotatable bonds is 4. The van der Waals surface area contributed by atoms with E-state index in [1.165, 1.54) is 10.4 Å². The number of nitrogens with one attached hydrogen (secondary N) is 2. The van der Waals surface area contributed by atoms with E-state index in [-0.39, 0.29) is 11.8 Å². The van der Waals surface area contributed by atoms with Crippen LogP contribution in [0.15, 0.2) is 60.7 Å². The maximum atomic E-state index is 13.2. The third-order valence-electron chi connectivity index (χ3n) is 4.73. The number of carbonyl (C=O) groups is 1. The lowest BCUT2D eigenvalue weighted by molar-refractivity contribution is -0.116. The number of benzene rings is 2. The third-order valence-corrected chi connectivity index (χ3v) is 5.90. The predicted octanol–water partition coefficient (Wildman–Crippen LogP) is 3.75. The van der Waals surface area contributed by atoms with Gasteiger partial charge in [-0.15, -0.1) is 11.3 Å². The summed E-state index contributed by atoms with van der Waals surface area (Å²) in [6, 6.07) is 19.7. The quantitative estimate of drug-likeness (QED) is 0.661. The van der Waals surface area contributed by atoms with Crippen LogP contribution in [0.4, 0.5) is 10.7 Å². The number of hydrogen-bond acceptors (Lipinski definition) is 4. The first kappa shape index (κ1) is 16.8. The number of nitrogens with two attached hydrogens (primary N) is 1. The van der Waals surface area contributed by atoms with E-state index >= 15 is 0 Å². The molecule has 0 unspecified atom stereocenters. The Bertz CT molecular complexity index is 866. The third kappa shape index (κ3) is 3.23. The lowest BCUT2D eigenvalue weighted by Crippen LogP contribution is -2.23. The summed E-state index contributed by atoms with van der Waals surface area (Å²) >= 11 is 1.58. The van der Waals surface area contributed by atoms with Crippen LogP contribution < -0.4 is 16.4 Å². The molecular formula is C21H21N3OS. The number of hydrogen-bond donors (Lipinski definition) is 3. The first-order valence-electron chi connectivity index (χ1n) is 8.75. The maximum absolute atomic E-state index is 13.2.